The monoisotopic (exact) mass is 275 g/mol. The van der Waals surface area contributed by atoms with E-state index in [0.717, 1.165) is 24.7 Å². The molecule has 1 aromatic heterocycles. The van der Waals surface area contributed by atoms with Gasteiger partial charge in [0, 0.05) is 36.4 Å². The molecule has 2 rings (SSSR count). The first-order valence-electron chi connectivity index (χ1n) is 7.85. The average molecular weight is 275 g/mol. The summed E-state index contributed by atoms with van der Waals surface area (Å²) in [4.78, 5) is 7.37. The van der Waals surface area contributed by atoms with E-state index in [1.807, 2.05) is 0 Å². The third-order valence-electron chi connectivity index (χ3n) is 4.20. The lowest BCUT2D eigenvalue weighted by molar-refractivity contribution is 0.584. The lowest BCUT2D eigenvalue weighted by Crippen LogP contribution is -2.31. The van der Waals surface area contributed by atoms with Crippen molar-refractivity contribution < 1.29 is 0 Å². The van der Waals surface area contributed by atoms with Gasteiger partial charge in [-0.05, 0) is 44.7 Å². The van der Waals surface area contributed by atoms with E-state index in [9.17, 15) is 0 Å². The van der Waals surface area contributed by atoms with Crippen LogP contribution in [-0.2, 0) is 6.54 Å². The van der Waals surface area contributed by atoms with E-state index in [4.69, 9.17) is 4.98 Å². The minimum atomic E-state index is 0.499. The van der Waals surface area contributed by atoms with Gasteiger partial charge in [0.05, 0.1) is 0 Å². The normalized spacial score (nSPS) is 22.9. The van der Waals surface area contributed by atoms with E-state index in [2.05, 4.69) is 57.8 Å². The summed E-state index contributed by atoms with van der Waals surface area (Å²) >= 11 is 0. The second-order valence-corrected chi connectivity index (χ2v) is 6.76. The van der Waals surface area contributed by atoms with Gasteiger partial charge in [0.1, 0.15) is 5.82 Å². The zero-order chi connectivity index (χ0) is 14.9. The van der Waals surface area contributed by atoms with Gasteiger partial charge in [0.2, 0.25) is 0 Å². The molecule has 1 saturated heterocycles. The predicted octanol–water partition coefficient (Wildman–Crippen LogP) is 3.43. The summed E-state index contributed by atoms with van der Waals surface area (Å²) in [5.74, 6) is 1.96. The standard InChI is InChI=1S/C17H29N3/c1-11(2)18-9-16-13(4)8-14(5)19-17(16)20-10-12(3)7-15(20)6/h8,11-12,15,18H,7,9-10H2,1-6H3. The fourth-order valence-electron chi connectivity index (χ4n) is 3.20. The summed E-state index contributed by atoms with van der Waals surface area (Å²) in [5, 5.41) is 3.55. The average Bonchev–Trinajstić information content (AvgIpc) is 2.66. The molecule has 2 atom stereocenters. The lowest BCUT2D eigenvalue weighted by atomic mass is 10.1. The van der Waals surface area contributed by atoms with E-state index in [1.165, 1.54) is 23.4 Å². The quantitative estimate of drug-likeness (QED) is 0.912. The largest absolute Gasteiger partial charge is 0.353 e. The summed E-state index contributed by atoms with van der Waals surface area (Å²) < 4.78 is 0. The summed E-state index contributed by atoms with van der Waals surface area (Å²) in [7, 11) is 0. The molecule has 3 nitrogen and oxygen atoms in total. The van der Waals surface area contributed by atoms with Gasteiger partial charge in [-0.2, -0.15) is 0 Å². The van der Waals surface area contributed by atoms with Crippen molar-refractivity contribution in [2.45, 2.75) is 66.6 Å². The molecule has 0 radical (unpaired) electrons. The van der Waals surface area contributed by atoms with E-state index < -0.39 is 0 Å². The zero-order valence-electron chi connectivity index (χ0n) is 13.8. The number of anilines is 1. The van der Waals surface area contributed by atoms with Crippen molar-refractivity contribution in [3.63, 3.8) is 0 Å². The Labute approximate surface area is 123 Å². The molecular weight excluding hydrogens is 246 g/mol. The van der Waals surface area contributed by atoms with Crippen LogP contribution in [0.25, 0.3) is 0 Å². The van der Waals surface area contributed by atoms with Crippen molar-refractivity contribution >= 4 is 5.82 Å². The summed E-state index contributed by atoms with van der Waals surface area (Å²) in [6, 6.07) is 3.29. The zero-order valence-corrected chi connectivity index (χ0v) is 13.8. The maximum Gasteiger partial charge on any atom is 0.133 e. The van der Waals surface area contributed by atoms with Crippen LogP contribution in [0.4, 0.5) is 5.82 Å². The van der Waals surface area contributed by atoms with Gasteiger partial charge in [-0.15, -0.1) is 0 Å². The van der Waals surface area contributed by atoms with Gasteiger partial charge in [-0.1, -0.05) is 20.8 Å². The van der Waals surface area contributed by atoms with E-state index in [0.29, 0.717) is 12.1 Å². The molecule has 1 aromatic rings. The van der Waals surface area contributed by atoms with Crippen LogP contribution in [0.15, 0.2) is 6.07 Å². The summed E-state index contributed by atoms with van der Waals surface area (Å²) in [6.45, 7) is 15.4. The van der Waals surface area contributed by atoms with Crippen LogP contribution in [0.2, 0.25) is 0 Å². The number of nitrogens with zero attached hydrogens (tertiary/aromatic N) is 2. The number of nitrogens with one attached hydrogen (secondary N) is 1. The van der Waals surface area contributed by atoms with Crippen LogP contribution >= 0.6 is 0 Å². The Balaban J connectivity index is 2.34. The third kappa shape index (κ3) is 3.32. The van der Waals surface area contributed by atoms with Gasteiger partial charge in [-0.3, -0.25) is 0 Å². The van der Waals surface area contributed by atoms with Crippen molar-refractivity contribution in [1.82, 2.24) is 10.3 Å². The molecule has 3 heteroatoms. The topological polar surface area (TPSA) is 28.2 Å². The second-order valence-electron chi connectivity index (χ2n) is 6.76. The van der Waals surface area contributed by atoms with Gasteiger partial charge in [-0.25, -0.2) is 4.98 Å². The SMILES string of the molecule is Cc1cc(C)c(CNC(C)C)c(N2CC(C)CC2C)n1. The van der Waals surface area contributed by atoms with Gasteiger partial charge < -0.3 is 10.2 Å². The molecule has 20 heavy (non-hydrogen) atoms. The number of aromatic nitrogens is 1. The van der Waals surface area contributed by atoms with Crippen molar-refractivity contribution in [1.29, 1.82) is 0 Å². The Hall–Kier alpha value is -1.09. The number of rotatable bonds is 4. The van der Waals surface area contributed by atoms with Crippen LogP contribution in [0.1, 0.15) is 50.9 Å². The molecule has 0 saturated carbocycles. The molecule has 1 aliphatic heterocycles. The predicted molar refractivity (Wildman–Crippen MR) is 86.3 cm³/mol. The first kappa shape index (κ1) is 15.3. The smallest absolute Gasteiger partial charge is 0.133 e. The molecule has 1 N–H and O–H groups in total. The van der Waals surface area contributed by atoms with Crippen LogP contribution in [0, 0.1) is 19.8 Å². The molecule has 1 fully saturated rings. The summed E-state index contributed by atoms with van der Waals surface area (Å²) in [5.41, 5.74) is 3.84. The minimum absolute atomic E-state index is 0.499. The van der Waals surface area contributed by atoms with E-state index in [-0.39, 0.29) is 0 Å². The lowest BCUT2D eigenvalue weighted by Gasteiger charge is -2.27. The molecule has 0 spiro atoms. The van der Waals surface area contributed by atoms with E-state index >= 15 is 0 Å². The number of hydrogen-bond acceptors (Lipinski definition) is 3. The van der Waals surface area contributed by atoms with Crippen molar-refractivity contribution in [3.05, 3.63) is 22.9 Å². The Morgan fingerprint density at radius 1 is 1.35 bits per heavy atom. The highest BCUT2D eigenvalue weighted by atomic mass is 15.2. The van der Waals surface area contributed by atoms with Crippen molar-refractivity contribution in [2.24, 2.45) is 5.92 Å². The number of pyridine rings is 1. The molecule has 1 aliphatic rings. The van der Waals surface area contributed by atoms with Gasteiger partial charge >= 0.3 is 0 Å². The number of aryl methyl sites for hydroxylation is 2. The Morgan fingerprint density at radius 2 is 2.05 bits per heavy atom. The van der Waals surface area contributed by atoms with E-state index in [1.54, 1.807) is 0 Å². The highest BCUT2D eigenvalue weighted by molar-refractivity contribution is 5.53. The maximum absolute atomic E-state index is 4.86. The van der Waals surface area contributed by atoms with Crippen molar-refractivity contribution in [2.75, 3.05) is 11.4 Å². The van der Waals surface area contributed by atoms with Crippen molar-refractivity contribution in [3.8, 4) is 0 Å². The fraction of sp³-hybridized carbons (Fsp3) is 0.706. The van der Waals surface area contributed by atoms with Crippen LogP contribution in [-0.4, -0.2) is 23.6 Å². The molecular formula is C17H29N3. The molecule has 0 amide bonds. The van der Waals surface area contributed by atoms with Crippen LogP contribution in [0.5, 0.6) is 0 Å². The fourth-order valence-corrected chi connectivity index (χ4v) is 3.20. The molecule has 0 aromatic carbocycles. The first-order chi connectivity index (χ1) is 9.38. The third-order valence-corrected chi connectivity index (χ3v) is 4.20. The highest BCUT2D eigenvalue weighted by Gasteiger charge is 2.29. The highest BCUT2D eigenvalue weighted by Crippen LogP contribution is 2.31. The Morgan fingerprint density at radius 3 is 2.60 bits per heavy atom. The maximum atomic E-state index is 4.86. The minimum Gasteiger partial charge on any atom is -0.353 e. The summed E-state index contributed by atoms with van der Waals surface area (Å²) in [6.07, 6.45) is 1.27. The molecule has 0 aliphatic carbocycles. The van der Waals surface area contributed by atoms with Crippen LogP contribution < -0.4 is 10.2 Å². The Bertz CT molecular complexity index is 468. The van der Waals surface area contributed by atoms with Crippen LogP contribution in [0.3, 0.4) is 0 Å². The molecule has 0 bridgehead atoms. The molecule has 112 valence electrons. The second kappa shape index (κ2) is 6.13. The first-order valence-corrected chi connectivity index (χ1v) is 7.85. The van der Waals surface area contributed by atoms with Gasteiger partial charge in [0.25, 0.3) is 0 Å². The Kier molecular flexibility index (Phi) is 4.69. The molecule has 2 unspecified atom stereocenters. The number of hydrogen-bond donors (Lipinski definition) is 1. The van der Waals surface area contributed by atoms with Gasteiger partial charge in [0.15, 0.2) is 0 Å². The molecule has 2 heterocycles.